The molecule has 1 amide bonds. The molecule has 0 aliphatic rings. The number of aryl methyl sites for hydroxylation is 1. The maximum Gasteiger partial charge on any atom is 0.332 e. The Morgan fingerprint density at radius 3 is 2.33 bits per heavy atom. The number of thioether (sulfide) groups is 1. The van der Waals surface area contributed by atoms with Crippen LogP contribution in [0.5, 0.6) is 0 Å². The summed E-state index contributed by atoms with van der Waals surface area (Å²) in [6.45, 7) is 7.84. The van der Waals surface area contributed by atoms with E-state index in [0.29, 0.717) is 22.3 Å². The number of fused-ring (bicyclic) bond motifs is 1. The maximum absolute atomic E-state index is 12.9. The highest BCUT2D eigenvalue weighted by Crippen LogP contribution is 2.27. The summed E-state index contributed by atoms with van der Waals surface area (Å²) in [5.74, 6) is 0.368. The first-order valence-electron chi connectivity index (χ1n) is 10.6. The molecule has 0 aliphatic heterocycles. The van der Waals surface area contributed by atoms with Crippen molar-refractivity contribution in [1.82, 2.24) is 24.4 Å². The van der Waals surface area contributed by atoms with Crippen LogP contribution in [0.4, 0.5) is 0 Å². The SMILES string of the molecule is CCC(NC(=O)CSc1nc(C(C)(C)C)nc2c1c(=O)n(C)c(=O)n2C)c1ccc(Cl)cc1. The average molecular weight is 490 g/mol. The first kappa shape index (κ1) is 25.0. The fourth-order valence-electron chi connectivity index (χ4n) is 3.35. The minimum absolute atomic E-state index is 0.0613. The predicted molar refractivity (Wildman–Crippen MR) is 132 cm³/mol. The second kappa shape index (κ2) is 9.69. The molecule has 3 rings (SSSR count). The molecule has 1 atom stereocenters. The summed E-state index contributed by atoms with van der Waals surface area (Å²) in [4.78, 5) is 47.3. The predicted octanol–water partition coefficient (Wildman–Crippen LogP) is 3.34. The van der Waals surface area contributed by atoms with Gasteiger partial charge in [-0.25, -0.2) is 14.8 Å². The summed E-state index contributed by atoms with van der Waals surface area (Å²) < 4.78 is 2.37. The normalized spacial score (nSPS) is 12.7. The summed E-state index contributed by atoms with van der Waals surface area (Å²) in [6.07, 6.45) is 0.714. The van der Waals surface area contributed by atoms with Crippen molar-refractivity contribution in [3.05, 3.63) is 61.5 Å². The van der Waals surface area contributed by atoms with Gasteiger partial charge in [0, 0.05) is 24.5 Å². The Balaban J connectivity index is 1.94. The van der Waals surface area contributed by atoms with Gasteiger partial charge in [0.05, 0.1) is 11.8 Å². The van der Waals surface area contributed by atoms with Crippen LogP contribution in [0.15, 0.2) is 38.9 Å². The van der Waals surface area contributed by atoms with Gasteiger partial charge in [0.25, 0.3) is 5.56 Å². The highest BCUT2D eigenvalue weighted by Gasteiger charge is 2.24. The van der Waals surface area contributed by atoms with Crippen molar-refractivity contribution in [2.45, 2.75) is 50.6 Å². The van der Waals surface area contributed by atoms with Gasteiger partial charge in [-0.05, 0) is 24.1 Å². The molecule has 8 nitrogen and oxygen atoms in total. The highest BCUT2D eigenvalue weighted by molar-refractivity contribution is 8.00. The van der Waals surface area contributed by atoms with E-state index in [2.05, 4.69) is 15.3 Å². The Morgan fingerprint density at radius 2 is 1.76 bits per heavy atom. The zero-order valence-electron chi connectivity index (χ0n) is 19.6. The number of carbonyl (C=O) groups excluding carboxylic acids is 1. The molecule has 2 heterocycles. The van der Waals surface area contributed by atoms with Crippen molar-refractivity contribution in [1.29, 1.82) is 0 Å². The minimum Gasteiger partial charge on any atom is -0.349 e. The Labute approximate surface area is 201 Å². The van der Waals surface area contributed by atoms with Gasteiger partial charge in [-0.2, -0.15) is 0 Å². The van der Waals surface area contributed by atoms with E-state index in [1.165, 1.54) is 11.6 Å². The third-order valence-corrected chi connectivity index (χ3v) is 6.52. The van der Waals surface area contributed by atoms with E-state index in [1.807, 2.05) is 39.8 Å². The number of amides is 1. The number of benzene rings is 1. The fraction of sp³-hybridized carbons (Fsp3) is 0.435. The number of nitrogens with one attached hydrogen (secondary N) is 1. The monoisotopic (exact) mass is 489 g/mol. The van der Waals surface area contributed by atoms with Crippen LogP contribution in [0.2, 0.25) is 5.02 Å². The lowest BCUT2D eigenvalue weighted by Gasteiger charge is -2.20. The molecular weight excluding hydrogens is 462 g/mol. The third kappa shape index (κ3) is 5.30. The molecule has 0 saturated carbocycles. The van der Waals surface area contributed by atoms with E-state index >= 15 is 0 Å². The third-order valence-electron chi connectivity index (χ3n) is 5.29. The standard InChI is InChI=1S/C23H28ClN5O3S/c1-7-15(13-8-10-14(24)11-9-13)25-16(30)12-33-19-17-18(26-21(27-19)23(2,3)4)28(5)22(32)29(6)20(17)31/h8-11,15H,7,12H2,1-6H3,(H,25,30). The molecule has 0 fully saturated rings. The number of carbonyl (C=O) groups is 1. The van der Waals surface area contributed by atoms with E-state index in [1.54, 1.807) is 19.2 Å². The molecule has 0 spiro atoms. The summed E-state index contributed by atoms with van der Waals surface area (Å²) in [7, 11) is 2.99. The van der Waals surface area contributed by atoms with Crippen LogP contribution in [0.25, 0.3) is 11.0 Å². The molecule has 2 aromatic heterocycles. The number of rotatable bonds is 6. The first-order valence-corrected chi connectivity index (χ1v) is 12.0. The second-order valence-electron chi connectivity index (χ2n) is 8.88. The van der Waals surface area contributed by atoms with Gasteiger partial charge in [0.1, 0.15) is 16.2 Å². The van der Waals surface area contributed by atoms with Gasteiger partial charge >= 0.3 is 5.69 Å². The molecule has 0 aliphatic carbocycles. The number of hydrogen-bond donors (Lipinski definition) is 1. The molecule has 0 radical (unpaired) electrons. The zero-order chi connectivity index (χ0) is 24.5. The quantitative estimate of drug-likeness (QED) is 0.421. The summed E-state index contributed by atoms with van der Waals surface area (Å²) in [5, 5.41) is 4.28. The van der Waals surface area contributed by atoms with E-state index in [0.717, 1.165) is 21.9 Å². The van der Waals surface area contributed by atoms with Crippen LogP contribution >= 0.6 is 23.4 Å². The Morgan fingerprint density at radius 1 is 1.12 bits per heavy atom. The van der Waals surface area contributed by atoms with E-state index in [-0.39, 0.29) is 28.7 Å². The Hall–Kier alpha value is -2.65. The van der Waals surface area contributed by atoms with Crippen molar-refractivity contribution in [2.24, 2.45) is 14.1 Å². The lowest BCUT2D eigenvalue weighted by atomic mass is 9.96. The number of nitrogens with zero attached hydrogens (tertiary/aromatic N) is 4. The van der Waals surface area contributed by atoms with Crippen molar-refractivity contribution < 1.29 is 4.79 Å². The molecule has 33 heavy (non-hydrogen) atoms. The van der Waals surface area contributed by atoms with Crippen molar-refractivity contribution in [3.8, 4) is 0 Å². The van der Waals surface area contributed by atoms with Gasteiger partial charge < -0.3 is 5.32 Å². The van der Waals surface area contributed by atoms with Gasteiger partial charge in [-0.1, -0.05) is 63.2 Å². The van der Waals surface area contributed by atoms with Crippen molar-refractivity contribution in [2.75, 3.05) is 5.75 Å². The Bertz CT molecular complexity index is 1310. The first-order chi connectivity index (χ1) is 15.4. The van der Waals surface area contributed by atoms with E-state index in [4.69, 9.17) is 11.6 Å². The molecule has 0 bridgehead atoms. The Kier molecular flexibility index (Phi) is 7.33. The molecule has 1 N–H and O–H groups in total. The second-order valence-corrected chi connectivity index (χ2v) is 10.3. The molecule has 0 saturated heterocycles. The van der Waals surface area contributed by atoms with Gasteiger partial charge in [0.15, 0.2) is 5.65 Å². The van der Waals surface area contributed by atoms with Crippen LogP contribution in [0.1, 0.15) is 51.5 Å². The minimum atomic E-state index is -0.482. The molecule has 1 aromatic carbocycles. The molecular formula is C23H28ClN5O3S. The van der Waals surface area contributed by atoms with Crippen molar-refractivity contribution in [3.63, 3.8) is 0 Å². The highest BCUT2D eigenvalue weighted by atomic mass is 35.5. The molecule has 10 heteroatoms. The van der Waals surface area contributed by atoms with Gasteiger partial charge in [0.2, 0.25) is 5.91 Å². The zero-order valence-corrected chi connectivity index (χ0v) is 21.2. The molecule has 1 unspecified atom stereocenters. The van der Waals surface area contributed by atoms with E-state index in [9.17, 15) is 14.4 Å². The summed E-state index contributed by atoms with van der Waals surface area (Å²) in [6, 6.07) is 7.21. The lowest BCUT2D eigenvalue weighted by Crippen LogP contribution is -2.38. The smallest absolute Gasteiger partial charge is 0.332 e. The van der Waals surface area contributed by atoms with E-state index < -0.39 is 16.7 Å². The lowest BCUT2D eigenvalue weighted by molar-refractivity contribution is -0.119. The maximum atomic E-state index is 12.9. The molecule has 3 aromatic rings. The van der Waals surface area contributed by atoms with Gasteiger partial charge in [-0.3, -0.25) is 18.7 Å². The fourth-order valence-corrected chi connectivity index (χ4v) is 4.31. The average Bonchev–Trinajstić information content (AvgIpc) is 2.77. The van der Waals surface area contributed by atoms with Gasteiger partial charge in [-0.15, -0.1) is 0 Å². The van der Waals surface area contributed by atoms with Crippen LogP contribution in [-0.4, -0.2) is 30.8 Å². The largest absolute Gasteiger partial charge is 0.349 e. The summed E-state index contributed by atoms with van der Waals surface area (Å²) >= 11 is 7.13. The van der Waals surface area contributed by atoms with Crippen molar-refractivity contribution >= 4 is 40.3 Å². The number of halogens is 1. The topological polar surface area (TPSA) is 98.9 Å². The van der Waals surface area contributed by atoms with Crippen LogP contribution in [0.3, 0.4) is 0 Å². The van der Waals surface area contributed by atoms with Crippen LogP contribution in [-0.2, 0) is 24.3 Å². The summed E-state index contributed by atoms with van der Waals surface area (Å²) in [5.41, 5.74) is -0.132. The van der Waals surface area contributed by atoms with Crippen LogP contribution < -0.4 is 16.6 Å². The number of aromatic nitrogens is 4. The van der Waals surface area contributed by atoms with Crippen LogP contribution in [0, 0.1) is 0 Å². The molecule has 176 valence electrons. The number of hydrogen-bond acceptors (Lipinski definition) is 6.